The second kappa shape index (κ2) is 6.88. The number of hydrogen-bond donors (Lipinski definition) is 1. The van der Waals surface area contributed by atoms with Gasteiger partial charge in [-0.25, -0.2) is 9.97 Å². The van der Waals surface area contributed by atoms with Crippen molar-refractivity contribution in [1.29, 1.82) is 0 Å². The first kappa shape index (κ1) is 15.0. The number of nitrogens with one attached hydrogen (secondary N) is 1. The fourth-order valence-electron chi connectivity index (χ4n) is 2.65. The van der Waals surface area contributed by atoms with Gasteiger partial charge in [0.2, 0.25) is 0 Å². The zero-order valence-electron chi connectivity index (χ0n) is 13.1. The summed E-state index contributed by atoms with van der Waals surface area (Å²) in [5, 5.41) is 3.35. The third kappa shape index (κ3) is 3.20. The van der Waals surface area contributed by atoms with E-state index in [9.17, 15) is 0 Å². The number of methoxy groups -OCH3 is 1. The van der Waals surface area contributed by atoms with Crippen LogP contribution in [0.25, 0.3) is 0 Å². The Morgan fingerprint density at radius 1 is 1.35 bits per heavy atom. The summed E-state index contributed by atoms with van der Waals surface area (Å²) < 4.78 is 5.46. The van der Waals surface area contributed by atoms with Crippen molar-refractivity contribution in [3.05, 3.63) is 11.4 Å². The molecule has 1 unspecified atom stereocenters. The van der Waals surface area contributed by atoms with Crippen LogP contribution < -0.4 is 10.2 Å². The molecule has 1 N–H and O–H groups in total. The van der Waals surface area contributed by atoms with Crippen LogP contribution in [0.5, 0.6) is 0 Å². The van der Waals surface area contributed by atoms with Crippen molar-refractivity contribution in [2.24, 2.45) is 0 Å². The number of aryl methyl sites for hydroxylation is 1. The Kier molecular flexibility index (Phi) is 5.17. The van der Waals surface area contributed by atoms with Gasteiger partial charge >= 0.3 is 0 Å². The van der Waals surface area contributed by atoms with Crippen molar-refractivity contribution in [3.63, 3.8) is 0 Å². The zero-order valence-corrected chi connectivity index (χ0v) is 13.1. The normalized spacial score (nSPS) is 18.6. The molecule has 1 aromatic rings. The molecule has 5 heteroatoms. The molecule has 2 rings (SSSR count). The number of aromatic nitrogens is 2. The number of anilines is 2. The molecular weight excluding hydrogens is 252 g/mol. The Labute approximate surface area is 121 Å². The van der Waals surface area contributed by atoms with Crippen molar-refractivity contribution in [1.82, 2.24) is 9.97 Å². The van der Waals surface area contributed by atoms with Gasteiger partial charge < -0.3 is 15.0 Å². The van der Waals surface area contributed by atoms with Crippen molar-refractivity contribution >= 4 is 11.6 Å². The van der Waals surface area contributed by atoms with Gasteiger partial charge in [0, 0.05) is 38.7 Å². The number of rotatable bonds is 6. The largest absolute Gasteiger partial charge is 0.380 e. The molecule has 0 bridgehead atoms. The first-order valence-corrected chi connectivity index (χ1v) is 7.58. The van der Waals surface area contributed by atoms with Crippen molar-refractivity contribution in [2.75, 3.05) is 37.0 Å². The van der Waals surface area contributed by atoms with Gasteiger partial charge in [0.25, 0.3) is 0 Å². The van der Waals surface area contributed by atoms with Crippen LogP contribution in [0.4, 0.5) is 11.6 Å². The van der Waals surface area contributed by atoms with Crippen LogP contribution in [0.3, 0.4) is 0 Å². The first-order valence-electron chi connectivity index (χ1n) is 7.58. The summed E-state index contributed by atoms with van der Waals surface area (Å²) in [4.78, 5) is 11.7. The van der Waals surface area contributed by atoms with E-state index < -0.39 is 0 Å². The lowest BCUT2D eigenvalue weighted by Gasteiger charge is -2.22. The summed E-state index contributed by atoms with van der Waals surface area (Å²) in [6.45, 7) is 9.16. The maximum atomic E-state index is 5.46. The van der Waals surface area contributed by atoms with Crippen LogP contribution in [-0.2, 0) is 11.2 Å². The van der Waals surface area contributed by atoms with Crippen molar-refractivity contribution in [2.45, 2.75) is 46.1 Å². The van der Waals surface area contributed by atoms with Crippen LogP contribution in [-0.4, -0.2) is 42.8 Å². The van der Waals surface area contributed by atoms with Crippen LogP contribution in [0, 0.1) is 6.92 Å². The van der Waals surface area contributed by atoms with E-state index >= 15 is 0 Å². The molecule has 0 spiro atoms. The minimum Gasteiger partial charge on any atom is -0.380 e. The van der Waals surface area contributed by atoms with Gasteiger partial charge in [0.1, 0.15) is 17.5 Å². The molecule has 2 heterocycles. The average Bonchev–Trinajstić information content (AvgIpc) is 2.91. The zero-order chi connectivity index (χ0) is 14.5. The Bertz CT molecular complexity index is 450. The summed E-state index contributed by atoms with van der Waals surface area (Å²) in [7, 11) is 1.79. The van der Waals surface area contributed by atoms with Crippen LogP contribution >= 0.6 is 0 Å². The quantitative estimate of drug-likeness (QED) is 0.866. The molecule has 1 saturated heterocycles. The third-order valence-corrected chi connectivity index (χ3v) is 3.76. The molecule has 0 radical (unpaired) electrons. The second-order valence-corrected chi connectivity index (χ2v) is 5.31. The predicted molar refractivity (Wildman–Crippen MR) is 82.6 cm³/mol. The molecule has 112 valence electrons. The molecule has 0 saturated carbocycles. The summed E-state index contributed by atoms with van der Waals surface area (Å²) in [6.07, 6.45) is 3.38. The van der Waals surface area contributed by atoms with Gasteiger partial charge in [0.15, 0.2) is 0 Å². The highest BCUT2D eigenvalue weighted by molar-refractivity contribution is 5.59. The Balaban J connectivity index is 2.30. The summed E-state index contributed by atoms with van der Waals surface area (Å²) >= 11 is 0. The molecule has 0 aromatic carbocycles. The predicted octanol–water partition coefficient (Wildman–Crippen LogP) is 2.39. The lowest BCUT2D eigenvalue weighted by atomic mass is 10.2. The molecule has 5 nitrogen and oxygen atoms in total. The van der Waals surface area contributed by atoms with E-state index in [1.54, 1.807) is 7.11 Å². The van der Waals surface area contributed by atoms with Crippen LogP contribution in [0.15, 0.2) is 0 Å². The minimum absolute atomic E-state index is 0.321. The SMILES string of the molecule is CCCc1nc(NCC)c(C)c(N2CCC(OC)C2)n1. The number of ether oxygens (including phenoxy) is 1. The number of hydrogen-bond acceptors (Lipinski definition) is 5. The van der Waals surface area contributed by atoms with Gasteiger partial charge in [-0.05, 0) is 26.7 Å². The lowest BCUT2D eigenvalue weighted by Crippen LogP contribution is -2.25. The third-order valence-electron chi connectivity index (χ3n) is 3.76. The molecular formula is C15H26N4O. The van der Waals surface area contributed by atoms with E-state index in [1.807, 2.05) is 0 Å². The monoisotopic (exact) mass is 278 g/mol. The number of nitrogens with zero attached hydrogens (tertiary/aromatic N) is 3. The molecule has 0 amide bonds. The van der Waals surface area contributed by atoms with Gasteiger partial charge in [0.05, 0.1) is 6.10 Å². The van der Waals surface area contributed by atoms with E-state index in [1.165, 1.54) is 0 Å². The molecule has 1 aliphatic heterocycles. The topological polar surface area (TPSA) is 50.3 Å². The highest BCUT2D eigenvalue weighted by Gasteiger charge is 2.25. The molecule has 0 aliphatic carbocycles. The lowest BCUT2D eigenvalue weighted by molar-refractivity contribution is 0.121. The fraction of sp³-hybridized carbons (Fsp3) is 0.733. The van der Waals surface area contributed by atoms with Crippen LogP contribution in [0.2, 0.25) is 0 Å². The second-order valence-electron chi connectivity index (χ2n) is 5.31. The molecule has 1 aromatic heterocycles. The highest BCUT2D eigenvalue weighted by Crippen LogP contribution is 2.27. The maximum absolute atomic E-state index is 5.46. The highest BCUT2D eigenvalue weighted by atomic mass is 16.5. The smallest absolute Gasteiger partial charge is 0.137 e. The summed E-state index contributed by atoms with van der Waals surface area (Å²) in [6, 6.07) is 0. The molecule has 1 fully saturated rings. The van der Waals surface area contributed by atoms with Crippen molar-refractivity contribution in [3.8, 4) is 0 Å². The molecule has 1 aliphatic rings. The van der Waals surface area contributed by atoms with Crippen LogP contribution in [0.1, 0.15) is 38.1 Å². The van der Waals surface area contributed by atoms with E-state index in [-0.39, 0.29) is 0 Å². The van der Waals surface area contributed by atoms with Gasteiger partial charge in [-0.2, -0.15) is 0 Å². The summed E-state index contributed by atoms with van der Waals surface area (Å²) in [5.41, 5.74) is 1.14. The minimum atomic E-state index is 0.321. The average molecular weight is 278 g/mol. The van der Waals surface area contributed by atoms with Gasteiger partial charge in [-0.3, -0.25) is 0 Å². The van der Waals surface area contributed by atoms with Crippen molar-refractivity contribution < 1.29 is 4.74 Å². The van der Waals surface area contributed by atoms with Gasteiger partial charge in [-0.15, -0.1) is 0 Å². The van der Waals surface area contributed by atoms with Gasteiger partial charge in [-0.1, -0.05) is 6.92 Å². The fourth-order valence-corrected chi connectivity index (χ4v) is 2.65. The first-order chi connectivity index (χ1) is 9.69. The summed E-state index contributed by atoms with van der Waals surface area (Å²) in [5.74, 6) is 2.98. The Morgan fingerprint density at radius 3 is 2.75 bits per heavy atom. The van der Waals surface area contributed by atoms with E-state index in [4.69, 9.17) is 9.72 Å². The standard InChI is InChI=1S/C15H26N4O/c1-5-7-13-17-14(16-6-2)11(3)15(18-13)19-9-8-12(10-19)20-4/h12H,5-10H2,1-4H3,(H,16,17,18). The van der Waals surface area contributed by atoms with E-state index in [2.05, 4.69) is 36.0 Å². The molecule has 20 heavy (non-hydrogen) atoms. The Morgan fingerprint density at radius 2 is 2.15 bits per heavy atom. The molecule has 1 atom stereocenters. The maximum Gasteiger partial charge on any atom is 0.137 e. The van der Waals surface area contributed by atoms with E-state index in [0.29, 0.717) is 6.10 Å². The Hall–Kier alpha value is -1.36. The van der Waals surface area contributed by atoms with E-state index in [0.717, 1.165) is 61.9 Å².